The van der Waals surface area contributed by atoms with Gasteiger partial charge in [0.25, 0.3) is 5.91 Å². The second kappa shape index (κ2) is 11.6. The molecule has 3 amide bonds. The molecule has 1 spiro atoms. The van der Waals surface area contributed by atoms with Gasteiger partial charge in [0.15, 0.2) is 0 Å². The molecule has 246 valence electrons. The minimum absolute atomic E-state index is 0.0668. The predicted molar refractivity (Wildman–Crippen MR) is 175 cm³/mol. The number of nitrogens with zero attached hydrogens (tertiary/aromatic N) is 5. The lowest BCUT2D eigenvalue weighted by molar-refractivity contribution is -0.157. The highest BCUT2D eigenvalue weighted by Crippen LogP contribution is 2.46. The Morgan fingerprint density at radius 1 is 1.00 bits per heavy atom. The number of imidazole rings is 1. The maximum atomic E-state index is 14.0. The van der Waals surface area contributed by atoms with Gasteiger partial charge in [-0.3, -0.25) is 23.6 Å². The molecule has 1 aromatic carbocycles. The highest BCUT2D eigenvalue weighted by molar-refractivity contribution is 6.76. The molecule has 1 aromatic heterocycles. The smallest absolute Gasteiger partial charge is 0.410 e. The highest BCUT2D eigenvalue weighted by atomic mass is 28.3. The molecule has 1 atom stereocenters. The molecule has 2 saturated heterocycles. The number of amides is 3. The zero-order chi connectivity index (χ0) is 32.3. The minimum Gasteiger partial charge on any atom is -0.444 e. The van der Waals surface area contributed by atoms with Gasteiger partial charge in [-0.2, -0.15) is 0 Å². The van der Waals surface area contributed by atoms with Crippen molar-refractivity contribution >= 4 is 42.7 Å². The Hall–Kier alpha value is -3.12. The molecule has 5 heterocycles. The first kappa shape index (κ1) is 31.8. The van der Waals surface area contributed by atoms with Gasteiger partial charge in [0.05, 0.1) is 16.7 Å². The van der Waals surface area contributed by atoms with Crippen LogP contribution >= 0.6 is 0 Å². The maximum Gasteiger partial charge on any atom is 0.410 e. The summed E-state index contributed by atoms with van der Waals surface area (Å²) in [5, 5.41) is 0. The van der Waals surface area contributed by atoms with Gasteiger partial charge in [0.2, 0.25) is 5.91 Å². The number of carbonyl (C=O) groups is 3. The van der Waals surface area contributed by atoms with Crippen molar-refractivity contribution in [2.45, 2.75) is 103 Å². The lowest BCUT2D eigenvalue weighted by atomic mass is 9.74. The van der Waals surface area contributed by atoms with Crippen molar-refractivity contribution < 1.29 is 23.9 Å². The number of hydrogen-bond acceptors (Lipinski definition) is 7. The van der Waals surface area contributed by atoms with E-state index in [9.17, 15) is 19.2 Å². The van der Waals surface area contributed by atoms with Crippen LogP contribution in [0.15, 0.2) is 16.9 Å². The van der Waals surface area contributed by atoms with E-state index in [1.165, 1.54) is 10.5 Å². The van der Waals surface area contributed by atoms with E-state index in [-0.39, 0.29) is 42.2 Å². The molecule has 6 rings (SSSR count). The molecular weight excluding hydrogens is 590 g/mol. The van der Waals surface area contributed by atoms with E-state index in [4.69, 9.17) is 9.47 Å². The van der Waals surface area contributed by atoms with Crippen LogP contribution in [0.2, 0.25) is 25.7 Å². The Labute approximate surface area is 266 Å². The molecule has 4 aliphatic heterocycles. The normalized spacial score (nSPS) is 21.9. The Morgan fingerprint density at radius 3 is 2.42 bits per heavy atom. The topological polar surface area (TPSA) is 106 Å². The van der Waals surface area contributed by atoms with Gasteiger partial charge in [-0.05, 0) is 76.0 Å². The molecule has 0 bridgehead atoms. The van der Waals surface area contributed by atoms with E-state index in [0.29, 0.717) is 39.2 Å². The molecule has 12 heteroatoms. The third kappa shape index (κ3) is 6.19. The van der Waals surface area contributed by atoms with Gasteiger partial charge >= 0.3 is 11.8 Å². The van der Waals surface area contributed by atoms with Gasteiger partial charge in [-0.15, -0.1) is 0 Å². The van der Waals surface area contributed by atoms with E-state index in [0.717, 1.165) is 55.0 Å². The minimum atomic E-state index is -1.31. The largest absolute Gasteiger partial charge is 0.444 e. The lowest BCUT2D eigenvalue weighted by Gasteiger charge is -2.44. The molecule has 4 aliphatic rings. The standard InChI is InChI=1S/C33H49N5O6Si/c1-32(2,3)44-31(42)34-15-13-33(14-16-34)12-11-23-7-8-24-28-27(23)35(21-33)17-18-36(28)30(41)38(24)25-9-10-26(39)37(29(25)40)22-43-19-20-45(4,5)6/h7-8,25H,9-22H2,1-6H3. The molecule has 0 aliphatic carbocycles. The van der Waals surface area contributed by atoms with Crippen LogP contribution in [-0.2, 0) is 32.0 Å². The summed E-state index contributed by atoms with van der Waals surface area (Å²) >= 11 is 0. The van der Waals surface area contributed by atoms with Crippen LogP contribution in [0, 0.1) is 5.41 Å². The molecular formula is C33H49N5O6Si. The van der Waals surface area contributed by atoms with Crippen molar-refractivity contribution in [2.24, 2.45) is 5.41 Å². The summed E-state index contributed by atoms with van der Waals surface area (Å²) in [6, 6.07) is 4.33. The second-order valence-corrected chi connectivity index (χ2v) is 21.3. The van der Waals surface area contributed by atoms with Crippen molar-refractivity contribution in [2.75, 3.05) is 44.4 Å². The van der Waals surface area contributed by atoms with Crippen molar-refractivity contribution in [1.82, 2.24) is 18.9 Å². The summed E-state index contributed by atoms with van der Waals surface area (Å²) < 4.78 is 14.9. The summed E-state index contributed by atoms with van der Waals surface area (Å²) in [7, 11) is -1.31. The van der Waals surface area contributed by atoms with E-state index in [2.05, 4.69) is 30.6 Å². The number of ether oxygens (including phenoxy) is 2. The average Bonchev–Trinajstić information content (AvgIpc) is 3.14. The molecule has 2 aromatic rings. The third-order valence-corrected chi connectivity index (χ3v) is 11.7. The Balaban J connectivity index is 1.24. The van der Waals surface area contributed by atoms with E-state index >= 15 is 0 Å². The summed E-state index contributed by atoms with van der Waals surface area (Å²) in [4.78, 5) is 58.8. The number of piperidine rings is 2. The quantitative estimate of drug-likeness (QED) is 0.259. The van der Waals surface area contributed by atoms with E-state index in [1.807, 2.05) is 36.3 Å². The van der Waals surface area contributed by atoms with Gasteiger partial charge < -0.3 is 19.3 Å². The number of aryl methyl sites for hydroxylation is 1. The van der Waals surface area contributed by atoms with Crippen molar-refractivity contribution in [3.8, 4) is 0 Å². The number of hydrogen-bond donors (Lipinski definition) is 0. The van der Waals surface area contributed by atoms with Crippen LogP contribution in [0.25, 0.3) is 11.0 Å². The van der Waals surface area contributed by atoms with Crippen LogP contribution < -0.4 is 10.6 Å². The molecule has 2 fully saturated rings. The van der Waals surface area contributed by atoms with Crippen LogP contribution in [0.4, 0.5) is 10.5 Å². The van der Waals surface area contributed by atoms with Crippen molar-refractivity contribution in [3.63, 3.8) is 0 Å². The first-order valence-electron chi connectivity index (χ1n) is 16.6. The summed E-state index contributed by atoms with van der Waals surface area (Å²) in [6.07, 6.45) is 4.00. The molecule has 1 unspecified atom stereocenters. The SMILES string of the molecule is CC(C)(C)OC(=O)N1CCC2(CCc3ccc4c5c3N(CCn5c(=O)n4C3CCC(=O)N(COCC[Si](C)(C)C)C3=O)C2)CC1. The fourth-order valence-electron chi connectivity index (χ4n) is 7.47. The van der Waals surface area contributed by atoms with Crippen LogP contribution in [0.5, 0.6) is 0 Å². The number of carbonyl (C=O) groups excluding carboxylic acids is 3. The van der Waals surface area contributed by atoms with Crippen LogP contribution in [0.3, 0.4) is 0 Å². The molecule has 11 nitrogen and oxygen atoms in total. The van der Waals surface area contributed by atoms with Gasteiger partial charge in [0, 0.05) is 53.8 Å². The first-order valence-corrected chi connectivity index (χ1v) is 20.3. The zero-order valence-corrected chi connectivity index (χ0v) is 28.8. The number of aromatic nitrogens is 2. The van der Waals surface area contributed by atoms with Crippen molar-refractivity contribution in [3.05, 3.63) is 28.2 Å². The second-order valence-electron chi connectivity index (χ2n) is 15.7. The Kier molecular flexibility index (Phi) is 8.20. The average molecular weight is 640 g/mol. The summed E-state index contributed by atoms with van der Waals surface area (Å²) in [5.74, 6) is -0.601. The van der Waals surface area contributed by atoms with Gasteiger partial charge in [-0.25, -0.2) is 9.59 Å². The monoisotopic (exact) mass is 639 g/mol. The highest BCUT2D eigenvalue weighted by Gasteiger charge is 2.43. The van der Waals surface area contributed by atoms with E-state index in [1.54, 1.807) is 4.57 Å². The number of imide groups is 1. The molecule has 0 radical (unpaired) electrons. The van der Waals surface area contributed by atoms with Crippen LogP contribution in [-0.4, -0.2) is 90.0 Å². The Bertz CT molecular complexity index is 1560. The van der Waals surface area contributed by atoms with Crippen LogP contribution in [0.1, 0.15) is 64.5 Å². The van der Waals surface area contributed by atoms with Crippen molar-refractivity contribution in [1.29, 1.82) is 0 Å². The maximum absolute atomic E-state index is 14.0. The molecule has 0 saturated carbocycles. The summed E-state index contributed by atoms with van der Waals surface area (Å²) in [6.45, 7) is 16.4. The third-order valence-electron chi connectivity index (χ3n) is 10.0. The number of likely N-dealkylation sites (tertiary alicyclic amines) is 2. The number of rotatable bonds is 6. The number of anilines is 1. The Morgan fingerprint density at radius 2 is 1.73 bits per heavy atom. The fraction of sp³-hybridized carbons (Fsp3) is 0.697. The zero-order valence-electron chi connectivity index (χ0n) is 27.8. The molecule has 0 N–H and O–H groups in total. The summed E-state index contributed by atoms with van der Waals surface area (Å²) in [5.41, 5.74) is 3.36. The first-order chi connectivity index (χ1) is 21.2. The van der Waals surface area contributed by atoms with Gasteiger partial charge in [-0.1, -0.05) is 25.7 Å². The van der Waals surface area contributed by atoms with E-state index < -0.39 is 19.7 Å². The molecule has 45 heavy (non-hydrogen) atoms. The lowest BCUT2D eigenvalue weighted by Crippen LogP contribution is -2.50. The number of benzene rings is 1. The van der Waals surface area contributed by atoms with Gasteiger partial charge in [0.1, 0.15) is 18.4 Å². The fourth-order valence-corrected chi connectivity index (χ4v) is 8.22. The predicted octanol–water partition coefficient (Wildman–Crippen LogP) is 4.59.